The molecule has 4 nitrogen and oxygen atoms in total. The maximum Gasteiger partial charge on any atom is 0.221 e. The Bertz CT molecular complexity index is 277. The molecular weight excluding hydrogens is 288 g/mol. The summed E-state index contributed by atoms with van der Waals surface area (Å²) >= 11 is 10.1. The van der Waals surface area contributed by atoms with E-state index in [1.807, 2.05) is 6.92 Å². The Morgan fingerprint density at radius 1 is 1.33 bits per heavy atom. The zero-order chi connectivity index (χ0) is 14.1. The maximum atomic E-state index is 11.5. The Kier molecular flexibility index (Phi) is 9.85. The van der Waals surface area contributed by atoms with Gasteiger partial charge in [-0.2, -0.15) is 25.3 Å². The molecule has 0 rings (SSSR count). The second-order valence-electron chi connectivity index (χ2n) is 4.26. The minimum Gasteiger partial charge on any atom is -0.369 e. The van der Waals surface area contributed by atoms with Crippen LogP contribution >= 0.6 is 37.0 Å². The number of amides is 2. The van der Waals surface area contributed by atoms with Gasteiger partial charge in [-0.3, -0.25) is 9.59 Å². The molecule has 0 saturated heterocycles. The van der Waals surface area contributed by atoms with Crippen molar-refractivity contribution in [3.63, 3.8) is 0 Å². The molecule has 0 aromatic carbocycles. The van der Waals surface area contributed by atoms with Crippen LogP contribution in [0, 0.1) is 17.8 Å². The molecule has 0 aliphatic rings. The van der Waals surface area contributed by atoms with Gasteiger partial charge in [-0.15, -0.1) is 11.8 Å². The van der Waals surface area contributed by atoms with Crippen LogP contribution in [0.3, 0.4) is 0 Å². The fourth-order valence-electron chi connectivity index (χ4n) is 1.59. The van der Waals surface area contributed by atoms with Crippen molar-refractivity contribution in [2.75, 3.05) is 23.1 Å². The molecule has 106 valence electrons. The number of nitrogens with two attached hydrogens (primary N) is 1. The Balaban J connectivity index is 4.36. The smallest absolute Gasteiger partial charge is 0.221 e. The second kappa shape index (κ2) is 9.86. The topological polar surface area (TPSA) is 72.2 Å². The van der Waals surface area contributed by atoms with Gasteiger partial charge in [0.15, 0.2) is 0 Å². The van der Waals surface area contributed by atoms with Gasteiger partial charge < -0.3 is 11.1 Å². The van der Waals surface area contributed by atoms with Gasteiger partial charge in [-0.25, -0.2) is 0 Å². The van der Waals surface area contributed by atoms with Crippen LogP contribution in [0.2, 0.25) is 0 Å². The van der Waals surface area contributed by atoms with E-state index in [0.29, 0.717) is 23.1 Å². The van der Waals surface area contributed by atoms with Crippen molar-refractivity contribution in [1.29, 1.82) is 0 Å². The third-order valence-corrected chi connectivity index (χ3v) is 4.77. The van der Waals surface area contributed by atoms with Crippen molar-refractivity contribution in [1.82, 2.24) is 5.32 Å². The molecule has 3 atom stereocenters. The number of hydrogen-bond acceptors (Lipinski definition) is 5. The molecular formula is C11H22N2O2S3. The average molecular weight is 311 g/mol. The lowest BCUT2D eigenvalue weighted by Crippen LogP contribution is -2.37. The largest absolute Gasteiger partial charge is 0.369 e. The number of hydrogen-bond donors (Lipinski definition) is 4. The molecule has 0 bridgehead atoms. The van der Waals surface area contributed by atoms with Gasteiger partial charge in [0, 0.05) is 12.7 Å². The van der Waals surface area contributed by atoms with Gasteiger partial charge >= 0.3 is 0 Å². The lowest BCUT2D eigenvalue weighted by atomic mass is 9.85. The molecule has 0 aromatic heterocycles. The number of thioether (sulfide) groups is 1. The van der Waals surface area contributed by atoms with Crippen LogP contribution < -0.4 is 11.1 Å². The summed E-state index contributed by atoms with van der Waals surface area (Å²) in [6.45, 7) is 3.51. The predicted octanol–water partition coefficient (Wildman–Crippen LogP) is 1.03. The van der Waals surface area contributed by atoms with Crippen molar-refractivity contribution in [2.24, 2.45) is 23.5 Å². The molecule has 0 radical (unpaired) electrons. The number of carbonyl (C=O) groups is 2. The number of thiol groups is 2. The quantitative estimate of drug-likeness (QED) is 0.292. The Labute approximate surface area is 124 Å². The second-order valence-corrected chi connectivity index (χ2v) is 6.02. The monoisotopic (exact) mass is 310 g/mol. The Hall–Kier alpha value is -0.0100. The maximum absolute atomic E-state index is 11.5. The SMILES string of the molecule is CC(=O)NCSCC(C(N)=O)C(CS)C(C)CS. The first-order valence-corrected chi connectivity index (χ1v) is 8.19. The standard InChI is InChI=1S/C11H22N2O2S3/c1-7(3-16)9(4-17)10(11(12)15)5-18-6-13-8(2)14/h7,9-10,16-17H,3-6H2,1-2H3,(H2,12,15)(H,13,14). The molecule has 3 N–H and O–H groups in total. The molecule has 18 heavy (non-hydrogen) atoms. The molecule has 7 heteroatoms. The molecule has 2 amide bonds. The third-order valence-electron chi connectivity index (χ3n) is 2.83. The van der Waals surface area contributed by atoms with E-state index in [4.69, 9.17) is 5.73 Å². The van der Waals surface area contributed by atoms with Crippen LogP contribution in [-0.4, -0.2) is 34.9 Å². The van der Waals surface area contributed by atoms with E-state index in [-0.39, 0.29) is 29.6 Å². The van der Waals surface area contributed by atoms with Crippen molar-refractivity contribution in [3.05, 3.63) is 0 Å². The summed E-state index contributed by atoms with van der Waals surface area (Å²) in [5.41, 5.74) is 5.45. The van der Waals surface area contributed by atoms with Gasteiger partial charge in [0.2, 0.25) is 11.8 Å². The highest BCUT2D eigenvalue weighted by Crippen LogP contribution is 2.26. The third kappa shape index (κ3) is 6.80. The predicted molar refractivity (Wildman–Crippen MR) is 84.2 cm³/mol. The van der Waals surface area contributed by atoms with Crippen LogP contribution in [0.4, 0.5) is 0 Å². The highest BCUT2D eigenvalue weighted by molar-refractivity contribution is 7.99. The molecule has 0 heterocycles. The van der Waals surface area contributed by atoms with Crippen molar-refractivity contribution >= 4 is 48.8 Å². The van der Waals surface area contributed by atoms with E-state index in [0.717, 1.165) is 0 Å². The van der Waals surface area contributed by atoms with Crippen LogP contribution in [0.1, 0.15) is 13.8 Å². The molecule has 0 spiro atoms. The molecule has 0 aliphatic carbocycles. The highest BCUT2D eigenvalue weighted by atomic mass is 32.2. The van der Waals surface area contributed by atoms with Crippen LogP contribution in [0.5, 0.6) is 0 Å². The first kappa shape index (κ1) is 18.0. The summed E-state index contributed by atoms with van der Waals surface area (Å²) in [6.07, 6.45) is 0. The van der Waals surface area contributed by atoms with Crippen LogP contribution in [0.25, 0.3) is 0 Å². The van der Waals surface area contributed by atoms with E-state index in [1.54, 1.807) is 0 Å². The molecule has 0 aliphatic heterocycles. The van der Waals surface area contributed by atoms with Gasteiger partial charge in [0.05, 0.1) is 11.8 Å². The normalized spacial score (nSPS) is 15.8. The van der Waals surface area contributed by atoms with E-state index in [2.05, 4.69) is 30.6 Å². The Morgan fingerprint density at radius 3 is 2.33 bits per heavy atom. The first-order chi connectivity index (χ1) is 8.43. The summed E-state index contributed by atoms with van der Waals surface area (Å²) in [7, 11) is 0. The van der Waals surface area contributed by atoms with Crippen LogP contribution in [-0.2, 0) is 9.59 Å². The summed E-state index contributed by atoms with van der Waals surface area (Å²) in [6, 6.07) is 0. The zero-order valence-corrected chi connectivity index (χ0v) is 13.4. The average Bonchev–Trinajstić information content (AvgIpc) is 2.31. The lowest BCUT2D eigenvalue weighted by Gasteiger charge is -2.27. The van der Waals surface area contributed by atoms with E-state index in [9.17, 15) is 9.59 Å². The van der Waals surface area contributed by atoms with E-state index >= 15 is 0 Å². The highest BCUT2D eigenvalue weighted by Gasteiger charge is 2.29. The van der Waals surface area contributed by atoms with E-state index in [1.165, 1.54) is 18.7 Å². The summed E-state index contributed by atoms with van der Waals surface area (Å²) < 4.78 is 0. The number of carbonyl (C=O) groups excluding carboxylic acids is 2. The number of nitrogens with one attached hydrogen (secondary N) is 1. The molecule has 3 unspecified atom stereocenters. The fraction of sp³-hybridized carbons (Fsp3) is 0.818. The molecule has 0 aromatic rings. The molecule has 0 saturated carbocycles. The fourth-order valence-corrected chi connectivity index (χ4v) is 3.57. The van der Waals surface area contributed by atoms with E-state index < -0.39 is 0 Å². The van der Waals surface area contributed by atoms with Crippen molar-refractivity contribution in [2.45, 2.75) is 13.8 Å². The number of rotatable bonds is 9. The zero-order valence-electron chi connectivity index (χ0n) is 10.8. The van der Waals surface area contributed by atoms with Gasteiger partial charge in [0.25, 0.3) is 0 Å². The van der Waals surface area contributed by atoms with Crippen molar-refractivity contribution < 1.29 is 9.59 Å². The minimum atomic E-state index is -0.307. The first-order valence-electron chi connectivity index (χ1n) is 5.77. The summed E-state index contributed by atoms with van der Waals surface area (Å²) in [5.74, 6) is 2.18. The summed E-state index contributed by atoms with van der Waals surface area (Å²) in [4.78, 5) is 22.2. The lowest BCUT2D eigenvalue weighted by molar-refractivity contribution is -0.122. The number of primary amides is 1. The Morgan fingerprint density at radius 2 is 1.94 bits per heavy atom. The van der Waals surface area contributed by atoms with Gasteiger partial charge in [-0.05, 0) is 23.3 Å². The minimum absolute atomic E-state index is 0.0763. The van der Waals surface area contributed by atoms with Gasteiger partial charge in [0.1, 0.15) is 0 Å². The molecule has 0 fully saturated rings. The van der Waals surface area contributed by atoms with Crippen molar-refractivity contribution in [3.8, 4) is 0 Å². The summed E-state index contributed by atoms with van der Waals surface area (Å²) in [5, 5.41) is 2.68. The van der Waals surface area contributed by atoms with Crippen LogP contribution in [0.15, 0.2) is 0 Å². The van der Waals surface area contributed by atoms with Gasteiger partial charge in [-0.1, -0.05) is 6.92 Å².